The Morgan fingerprint density at radius 3 is 2.12 bits per heavy atom. The fraction of sp³-hybridized carbons (Fsp3) is 0.444. The molecule has 1 atom stereocenters. The van der Waals surface area contributed by atoms with Crippen LogP contribution < -0.4 is 16.0 Å². The fourth-order valence-corrected chi connectivity index (χ4v) is 3.52. The smallest absolute Gasteiger partial charge is 0.251 e. The van der Waals surface area contributed by atoms with Crippen molar-refractivity contribution in [2.45, 2.75) is 65.8 Å². The van der Waals surface area contributed by atoms with Crippen LogP contribution in [0.2, 0.25) is 0 Å². The minimum Gasteiger partial charge on any atom is -0.340 e. The van der Waals surface area contributed by atoms with Crippen LogP contribution in [-0.2, 0) is 15.0 Å². The van der Waals surface area contributed by atoms with Crippen molar-refractivity contribution in [1.82, 2.24) is 5.32 Å². The van der Waals surface area contributed by atoms with Crippen LogP contribution in [-0.4, -0.2) is 23.8 Å². The van der Waals surface area contributed by atoms with Crippen molar-refractivity contribution < 1.29 is 14.4 Å². The molecule has 33 heavy (non-hydrogen) atoms. The van der Waals surface area contributed by atoms with E-state index in [0.717, 1.165) is 24.0 Å². The Balaban J connectivity index is 1.70. The number of anilines is 2. The van der Waals surface area contributed by atoms with Gasteiger partial charge in [0.1, 0.15) is 6.04 Å². The normalized spacial score (nSPS) is 14.5. The van der Waals surface area contributed by atoms with Gasteiger partial charge in [0.05, 0.1) is 0 Å². The monoisotopic (exact) mass is 449 g/mol. The number of carbonyl (C=O) groups is 3. The summed E-state index contributed by atoms with van der Waals surface area (Å²) in [5.74, 6) is -0.575. The standard InChI is InChI=1S/C27H35N3O3/c1-16(2)23(30-25(32)19-10-12-20(13-11-19)27(4,5)6)26(33)29-22-15-21(14-7-17(22)3)28-24(31)18-8-9-18/h7,10-16,18,23H,8-9H2,1-6H3,(H,28,31)(H,29,33)(H,30,32). The van der Waals surface area contributed by atoms with Crippen LogP contribution in [0.5, 0.6) is 0 Å². The van der Waals surface area contributed by atoms with Gasteiger partial charge in [0, 0.05) is 22.9 Å². The molecule has 1 fully saturated rings. The van der Waals surface area contributed by atoms with Crippen LogP contribution in [0.4, 0.5) is 11.4 Å². The summed E-state index contributed by atoms with van der Waals surface area (Å²) in [7, 11) is 0. The number of hydrogen-bond acceptors (Lipinski definition) is 3. The predicted octanol–water partition coefficient (Wildman–Crippen LogP) is 5.03. The molecule has 3 N–H and O–H groups in total. The molecule has 6 nitrogen and oxygen atoms in total. The molecule has 6 heteroatoms. The molecule has 1 unspecified atom stereocenters. The highest BCUT2D eigenvalue weighted by atomic mass is 16.2. The lowest BCUT2D eigenvalue weighted by Crippen LogP contribution is -2.47. The van der Waals surface area contributed by atoms with E-state index in [1.54, 1.807) is 18.2 Å². The van der Waals surface area contributed by atoms with Crippen LogP contribution in [0.3, 0.4) is 0 Å². The first-order valence-electron chi connectivity index (χ1n) is 11.6. The van der Waals surface area contributed by atoms with Crippen molar-refractivity contribution in [2.75, 3.05) is 10.6 Å². The molecule has 176 valence electrons. The molecule has 0 aliphatic heterocycles. The summed E-state index contributed by atoms with van der Waals surface area (Å²) in [6.07, 6.45) is 1.85. The first-order chi connectivity index (χ1) is 15.5. The van der Waals surface area contributed by atoms with Gasteiger partial charge in [0.15, 0.2) is 0 Å². The Bertz CT molecular complexity index is 1030. The minimum atomic E-state index is -0.705. The SMILES string of the molecule is Cc1ccc(NC(=O)C2CC2)cc1NC(=O)C(NC(=O)c1ccc(C(C)(C)C)cc1)C(C)C. The van der Waals surface area contributed by atoms with E-state index in [1.807, 2.05) is 45.0 Å². The Hall–Kier alpha value is -3.15. The lowest BCUT2D eigenvalue weighted by Gasteiger charge is -2.23. The zero-order valence-corrected chi connectivity index (χ0v) is 20.4. The molecule has 1 saturated carbocycles. The topological polar surface area (TPSA) is 87.3 Å². The van der Waals surface area contributed by atoms with Crippen LogP contribution in [0, 0.1) is 18.8 Å². The molecule has 0 radical (unpaired) electrons. The molecule has 1 aliphatic rings. The summed E-state index contributed by atoms with van der Waals surface area (Å²) < 4.78 is 0. The van der Waals surface area contributed by atoms with Gasteiger partial charge in [-0.1, -0.05) is 52.8 Å². The highest BCUT2D eigenvalue weighted by molar-refractivity contribution is 6.02. The van der Waals surface area contributed by atoms with Crippen LogP contribution in [0.1, 0.15) is 68.9 Å². The van der Waals surface area contributed by atoms with E-state index < -0.39 is 6.04 Å². The van der Waals surface area contributed by atoms with E-state index in [0.29, 0.717) is 16.9 Å². The van der Waals surface area contributed by atoms with Crippen molar-refractivity contribution in [3.05, 3.63) is 59.2 Å². The van der Waals surface area contributed by atoms with Gasteiger partial charge in [-0.05, 0) is 66.5 Å². The van der Waals surface area contributed by atoms with Crippen LogP contribution in [0.15, 0.2) is 42.5 Å². The van der Waals surface area contributed by atoms with Crippen molar-refractivity contribution in [2.24, 2.45) is 11.8 Å². The lowest BCUT2D eigenvalue weighted by molar-refractivity contribution is -0.119. The van der Waals surface area contributed by atoms with Gasteiger partial charge < -0.3 is 16.0 Å². The molecule has 0 aromatic heterocycles. The first-order valence-corrected chi connectivity index (χ1v) is 11.6. The maximum atomic E-state index is 13.1. The predicted molar refractivity (Wildman–Crippen MR) is 132 cm³/mol. The number of aryl methyl sites for hydroxylation is 1. The van der Waals surface area contributed by atoms with Gasteiger partial charge in [0.2, 0.25) is 11.8 Å². The highest BCUT2D eigenvalue weighted by Gasteiger charge is 2.30. The summed E-state index contributed by atoms with van der Waals surface area (Å²) >= 11 is 0. The first kappa shape index (κ1) is 24.5. The Morgan fingerprint density at radius 2 is 1.58 bits per heavy atom. The number of carbonyl (C=O) groups excluding carboxylic acids is 3. The third-order valence-corrected chi connectivity index (χ3v) is 5.96. The molecule has 2 aromatic carbocycles. The molecule has 3 rings (SSSR count). The summed E-state index contributed by atoms with van der Waals surface area (Å²) in [6.45, 7) is 12.0. The maximum Gasteiger partial charge on any atom is 0.251 e. The number of amides is 3. The second-order valence-electron chi connectivity index (χ2n) is 10.3. The van der Waals surface area contributed by atoms with Gasteiger partial charge in [-0.3, -0.25) is 14.4 Å². The molecule has 3 amide bonds. The van der Waals surface area contributed by atoms with Gasteiger partial charge >= 0.3 is 0 Å². The number of rotatable bonds is 7. The number of nitrogens with one attached hydrogen (secondary N) is 3. The van der Waals surface area contributed by atoms with Crippen molar-refractivity contribution in [1.29, 1.82) is 0 Å². The maximum absolute atomic E-state index is 13.1. The summed E-state index contributed by atoms with van der Waals surface area (Å²) in [5, 5.41) is 8.72. The van der Waals surface area contributed by atoms with Crippen molar-refractivity contribution in [3.8, 4) is 0 Å². The molecule has 1 aliphatic carbocycles. The third-order valence-electron chi connectivity index (χ3n) is 5.96. The molecule has 2 aromatic rings. The van der Waals surface area contributed by atoms with Gasteiger partial charge in [0.25, 0.3) is 5.91 Å². The van der Waals surface area contributed by atoms with Crippen LogP contribution in [0.25, 0.3) is 0 Å². The Kier molecular flexibility index (Phi) is 7.25. The van der Waals surface area contributed by atoms with Gasteiger partial charge in [-0.2, -0.15) is 0 Å². The van der Waals surface area contributed by atoms with Crippen molar-refractivity contribution >= 4 is 29.1 Å². The molecule has 0 bridgehead atoms. The summed E-state index contributed by atoms with van der Waals surface area (Å²) in [6, 6.07) is 12.2. The molecule has 0 saturated heterocycles. The summed E-state index contributed by atoms with van der Waals surface area (Å²) in [4.78, 5) is 38.0. The van der Waals surface area contributed by atoms with Crippen molar-refractivity contribution in [3.63, 3.8) is 0 Å². The zero-order valence-electron chi connectivity index (χ0n) is 20.4. The summed E-state index contributed by atoms with van der Waals surface area (Å²) in [5.41, 5.74) is 3.79. The molecular formula is C27H35N3O3. The largest absolute Gasteiger partial charge is 0.340 e. The lowest BCUT2D eigenvalue weighted by atomic mass is 9.86. The second kappa shape index (κ2) is 9.77. The fourth-order valence-electron chi connectivity index (χ4n) is 3.52. The average molecular weight is 450 g/mol. The van der Waals surface area contributed by atoms with E-state index in [2.05, 4.69) is 36.7 Å². The number of benzene rings is 2. The van der Waals surface area contributed by atoms with Gasteiger partial charge in [-0.25, -0.2) is 0 Å². The van der Waals surface area contributed by atoms with E-state index >= 15 is 0 Å². The Morgan fingerprint density at radius 1 is 0.939 bits per heavy atom. The molecular weight excluding hydrogens is 414 g/mol. The highest BCUT2D eigenvalue weighted by Crippen LogP contribution is 2.31. The molecule has 0 heterocycles. The van der Waals surface area contributed by atoms with E-state index in [9.17, 15) is 14.4 Å². The minimum absolute atomic E-state index is 0.000115. The second-order valence-corrected chi connectivity index (χ2v) is 10.3. The van der Waals surface area contributed by atoms with E-state index in [-0.39, 0.29) is 35.0 Å². The Labute approximate surface area is 196 Å². The number of hydrogen-bond donors (Lipinski definition) is 3. The van der Waals surface area contributed by atoms with E-state index in [1.165, 1.54) is 0 Å². The third kappa shape index (κ3) is 6.44. The average Bonchev–Trinajstić information content (AvgIpc) is 3.59. The quantitative estimate of drug-likeness (QED) is 0.554. The van der Waals surface area contributed by atoms with Crippen LogP contribution >= 0.6 is 0 Å². The zero-order chi connectivity index (χ0) is 24.3. The molecule has 0 spiro atoms. The van der Waals surface area contributed by atoms with Gasteiger partial charge in [-0.15, -0.1) is 0 Å². The van der Waals surface area contributed by atoms with E-state index in [4.69, 9.17) is 0 Å².